The second-order valence-electron chi connectivity index (χ2n) is 8.16. The van der Waals surface area contributed by atoms with Gasteiger partial charge in [0.1, 0.15) is 6.10 Å². The van der Waals surface area contributed by atoms with Crippen LogP contribution in [0.4, 0.5) is 0 Å². The van der Waals surface area contributed by atoms with Crippen molar-refractivity contribution >= 4 is 11.8 Å². The summed E-state index contributed by atoms with van der Waals surface area (Å²) in [6.45, 7) is 4.99. The Hall–Kier alpha value is -1.22. The van der Waals surface area contributed by atoms with Gasteiger partial charge in [-0.1, -0.05) is 6.42 Å². The first-order chi connectivity index (χ1) is 13.7. The summed E-state index contributed by atoms with van der Waals surface area (Å²) in [5.74, 6) is 0.190. The summed E-state index contributed by atoms with van der Waals surface area (Å²) >= 11 is 0. The van der Waals surface area contributed by atoms with E-state index in [9.17, 15) is 14.7 Å². The molecule has 1 aliphatic carbocycles. The van der Waals surface area contributed by atoms with Crippen LogP contribution in [0.25, 0.3) is 0 Å². The molecule has 2 saturated heterocycles. The van der Waals surface area contributed by atoms with Crippen LogP contribution in [0.2, 0.25) is 0 Å². The molecule has 8 nitrogen and oxygen atoms in total. The van der Waals surface area contributed by atoms with Crippen LogP contribution in [0.1, 0.15) is 44.9 Å². The van der Waals surface area contributed by atoms with Crippen molar-refractivity contribution in [2.24, 2.45) is 5.92 Å². The highest BCUT2D eigenvalue weighted by molar-refractivity contribution is 5.79. The van der Waals surface area contributed by atoms with Gasteiger partial charge >= 0.3 is 0 Å². The third kappa shape index (κ3) is 6.40. The molecular weight excluding hydrogens is 362 g/mol. The molecular formula is C20H35N3O5. The number of morpholine rings is 1. The Kier molecular flexibility index (Phi) is 8.51. The number of hydrogen-bond donors (Lipinski definition) is 3. The first kappa shape index (κ1) is 21.5. The molecule has 2 amide bonds. The quantitative estimate of drug-likeness (QED) is 0.475. The van der Waals surface area contributed by atoms with Gasteiger partial charge in [0.05, 0.1) is 38.4 Å². The Morgan fingerprint density at radius 3 is 2.57 bits per heavy atom. The molecule has 3 aliphatic rings. The lowest BCUT2D eigenvalue weighted by atomic mass is 9.84. The highest BCUT2D eigenvalue weighted by atomic mass is 16.5. The van der Waals surface area contributed by atoms with Crippen LogP contribution < -0.4 is 10.6 Å². The van der Waals surface area contributed by atoms with Crippen LogP contribution in [0, 0.1) is 5.92 Å². The highest BCUT2D eigenvalue weighted by Crippen LogP contribution is 2.28. The molecule has 0 spiro atoms. The summed E-state index contributed by atoms with van der Waals surface area (Å²) in [7, 11) is 0. The zero-order chi connectivity index (χ0) is 19.8. The summed E-state index contributed by atoms with van der Waals surface area (Å²) in [5, 5.41) is 15.6. The van der Waals surface area contributed by atoms with Crippen LogP contribution in [0.5, 0.6) is 0 Å². The molecule has 160 valence electrons. The lowest BCUT2D eigenvalue weighted by molar-refractivity contribution is -0.138. The number of aliphatic hydroxyl groups is 1. The second-order valence-corrected chi connectivity index (χ2v) is 8.16. The van der Waals surface area contributed by atoms with Gasteiger partial charge in [0.25, 0.3) is 0 Å². The van der Waals surface area contributed by atoms with E-state index in [2.05, 4.69) is 15.5 Å². The molecule has 2 aliphatic heterocycles. The molecule has 3 fully saturated rings. The number of carbonyl (C=O) groups is 2. The van der Waals surface area contributed by atoms with Gasteiger partial charge in [-0.05, 0) is 38.6 Å². The molecule has 3 atom stereocenters. The third-order valence-corrected chi connectivity index (χ3v) is 6.09. The summed E-state index contributed by atoms with van der Waals surface area (Å²) in [6.07, 6.45) is 5.07. The van der Waals surface area contributed by atoms with Gasteiger partial charge in [0, 0.05) is 25.6 Å². The van der Waals surface area contributed by atoms with E-state index in [0.29, 0.717) is 19.4 Å². The van der Waals surface area contributed by atoms with Crippen molar-refractivity contribution < 1.29 is 24.2 Å². The maximum Gasteiger partial charge on any atom is 0.223 e. The Balaban J connectivity index is 1.31. The fourth-order valence-electron chi connectivity index (χ4n) is 4.05. The molecule has 0 aromatic rings. The van der Waals surface area contributed by atoms with Crippen molar-refractivity contribution in [3.63, 3.8) is 0 Å². The summed E-state index contributed by atoms with van der Waals surface area (Å²) < 4.78 is 11.2. The minimum absolute atomic E-state index is 0.0133. The molecule has 0 unspecified atom stereocenters. The maximum absolute atomic E-state index is 12.2. The first-order valence-corrected chi connectivity index (χ1v) is 10.8. The number of ether oxygens (including phenoxy) is 2. The van der Waals surface area contributed by atoms with E-state index in [1.807, 2.05) is 0 Å². The monoisotopic (exact) mass is 397 g/mol. The van der Waals surface area contributed by atoms with Crippen molar-refractivity contribution in [1.29, 1.82) is 0 Å². The Bertz CT molecular complexity index is 508. The van der Waals surface area contributed by atoms with Crippen molar-refractivity contribution in [2.75, 3.05) is 46.0 Å². The number of aliphatic hydroxyl groups excluding tert-OH is 1. The zero-order valence-corrected chi connectivity index (χ0v) is 16.7. The van der Waals surface area contributed by atoms with Gasteiger partial charge < -0.3 is 25.2 Å². The molecule has 3 rings (SSSR count). The number of nitrogens with zero attached hydrogens (tertiary/aromatic N) is 1. The van der Waals surface area contributed by atoms with Gasteiger partial charge in [0.2, 0.25) is 11.8 Å². The van der Waals surface area contributed by atoms with E-state index < -0.39 is 6.10 Å². The number of carbonyl (C=O) groups excluding carboxylic acids is 2. The van der Waals surface area contributed by atoms with Crippen LogP contribution in [0.3, 0.4) is 0 Å². The van der Waals surface area contributed by atoms with E-state index in [0.717, 1.165) is 65.0 Å². The van der Waals surface area contributed by atoms with E-state index in [1.165, 1.54) is 0 Å². The fourth-order valence-corrected chi connectivity index (χ4v) is 4.05. The molecule has 0 aromatic carbocycles. The molecule has 8 heteroatoms. The van der Waals surface area contributed by atoms with Gasteiger partial charge in [0.15, 0.2) is 0 Å². The smallest absolute Gasteiger partial charge is 0.223 e. The Morgan fingerprint density at radius 2 is 1.89 bits per heavy atom. The maximum atomic E-state index is 12.2. The van der Waals surface area contributed by atoms with E-state index >= 15 is 0 Å². The fraction of sp³-hybridized carbons (Fsp3) is 0.900. The number of rotatable bonds is 9. The van der Waals surface area contributed by atoms with Gasteiger partial charge in [-0.3, -0.25) is 14.5 Å². The van der Waals surface area contributed by atoms with Crippen molar-refractivity contribution in [1.82, 2.24) is 15.5 Å². The standard InChI is InChI=1S/C20H35N3O5/c24-14-18-17(22-20(26)15-3-1-4-15)6-5-16(28-18)13-19(25)21-7-2-8-23-9-11-27-12-10-23/h15-18,24H,1-14H2,(H,21,25)(H,22,26)/t16-,17+,18-/m1/s1. The molecule has 1 saturated carbocycles. The largest absolute Gasteiger partial charge is 0.394 e. The SMILES string of the molecule is O=C(C[C@H]1CC[C@H](NC(=O)C2CCC2)[C@@H](CO)O1)NCCCN1CCOCC1. The van der Waals surface area contributed by atoms with Crippen molar-refractivity contribution in [3.8, 4) is 0 Å². The van der Waals surface area contributed by atoms with E-state index in [-0.39, 0.29) is 36.5 Å². The van der Waals surface area contributed by atoms with Crippen LogP contribution in [-0.2, 0) is 19.1 Å². The average molecular weight is 398 g/mol. The lowest BCUT2D eigenvalue weighted by Gasteiger charge is -2.37. The number of nitrogens with one attached hydrogen (secondary N) is 2. The van der Waals surface area contributed by atoms with Gasteiger partial charge in [-0.2, -0.15) is 0 Å². The third-order valence-electron chi connectivity index (χ3n) is 6.09. The zero-order valence-electron chi connectivity index (χ0n) is 16.7. The molecule has 2 heterocycles. The summed E-state index contributed by atoms with van der Waals surface area (Å²) in [4.78, 5) is 26.7. The molecule has 0 radical (unpaired) electrons. The highest BCUT2D eigenvalue weighted by Gasteiger charge is 2.35. The van der Waals surface area contributed by atoms with Gasteiger partial charge in [-0.25, -0.2) is 0 Å². The number of amides is 2. The van der Waals surface area contributed by atoms with Crippen LogP contribution in [0.15, 0.2) is 0 Å². The first-order valence-electron chi connectivity index (χ1n) is 10.8. The molecule has 28 heavy (non-hydrogen) atoms. The lowest BCUT2D eigenvalue weighted by Crippen LogP contribution is -2.53. The topological polar surface area (TPSA) is 100 Å². The van der Waals surface area contributed by atoms with Crippen molar-refractivity contribution in [3.05, 3.63) is 0 Å². The van der Waals surface area contributed by atoms with E-state index in [1.54, 1.807) is 0 Å². The predicted molar refractivity (Wildman–Crippen MR) is 104 cm³/mol. The van der Waals surface area contributed by atoms with E-state index in [4.69, 9.17) is 9.47 Å². The summed E-state index contributed by atoms with van der Waals surface area (Å²) in [6, 6.07) is -0.161. The minimum atomic E-state index is -0.433. The Labute approximate surface area is 167 Å². The van der Waals surface area contributed by atoms with Crippen LogP contribution in [-0.4, -0.2) is 86.1 Å². The molecule has 3 N–H and O–H groups in total. The molecule has 0 bridgehead atoms. The number of hydrogen-bond acceptors (Lipinski definition) is 6. The predicted octanol–water partition coefficient (Wildman–Crippen LogP) is 0.0398. The minimum Gasteiger partial charge on any atom is -0.394 e. The van der Waals surface area contributed by atoms with Crippen LogP contribution >= 0.6 is 0 Å². The normalized spacial score (nSPS) is 29.1. The second kappa shape index (κ2) is 11.1. The van der Waals surface area contributed by atoms with Gasteiger partial charge in [-0.15, -0.1) is 0 Å². The Morgan fingerprint density at radius 1 is 1.11 bits per heavy atom. The van der Waals surface area contributed by atoms with Crippen molar-refractivity contribution in [2.45, 2.75) is 63.2 Å². The molecule has 0 aromatic heterocycles. The summed E-state index contributed by atoms with van der Waals surface area (Å²) in [5.41, 5.74) is 0. The average Bonchev–Trinajstić information content (AvgIpc) is 2.66.